The number of hydrogen-bond donors (Lipinski definition) is 0. The fourth-order valence-corrected chi connectivity index (χ4v) is 11.2. The van der Waals surface area contributed by atoms with Crippen LogP contribution in [0.25, 0.3) is 0 Å². The van der Waals surface area contributed by atoms with Crippen molar-refractivity contribution in [2.24, 2.45) is 0 Å². The Bertz CT molecular complexity index is 1080. The monoisotopic (exact) mass is 500 g/mol. The van der Waals surface area contributed by atoms with Crippen LogP contribution in [0.3, 0.4) is 0 Å². The Morgan fingerprint density at radius 1 is 0.588 bits per heavy atom. The first-order valence-corrected chi connectivity index (χ1v) is 14.5. The molecule has 0 spiro atoms. The highest BCUT2D eigenvalue weighted by molar-refractivity contribution is 8.19. The van der Waals surface area contributed by atoms with Crippen molar-refractivity contribution in [2.45, 2.75) is 5.75 Å². The van der Waals surface area contributed by atoms with Crippen LogP contribution in [-0.2, 0) is 16.6 Å². The molecule has 4 rings (SSSR count). The highest BCUT2D eigenvalue weighted by Crippen LogP contribution is 2.44. The van der Waals surface area contributed by atoms with E-state index in [9.17, 15) is 17.3 Å². The summed E-state index contributed by atoms with van der Waals surface area (Å²) in [6.07, 6.45) is 2.39. The second kappa shape index (κ2) is 12.1. The zero-order chi connectivity index (χ0) is 24.4. The molecule has 0 heterocycles. The molecule has 34 heavy (non-hydrogen) atoms. The largest absolute Gasteiger partial charge is 0.673 e. The lowest BCUT2D eigenvalue weighted by Crippen LogP contribution is -2.28. The van der Waals surface area contributed by atoms with Crippen LogP contribution in [-0.4, -0.2) is 18.6 Å². The molecule has 1 unspecified atom stereocenters. The van der Waals surface area contributed by atoms with Gasteiger partial charge in [0.1, 0.15) is 17.1 Å². The minimum absolute atomic E-state index is 0.133. The van der Waals surface area contributed by atoms with Crippen molar-refractivity contribution in [1.82, 2.24) is 0 Å². The smallest absolute Gasteiger partial charge is 0.418 e. The van der Waals surface area contributed by atoms with E-state index in [2.05, 4.69) is 133 Å². The van der Waals surface area contributed by atoms with Gasteiger partial charge in [-0.2, -0.15) is 0 Å². The van der Waals surface area contributed by atoms with E-state index in [-0.39, 0.29) is 10.9 Å². The molecule has 1 atom stereocenters. The topological polar surface area (TPSA) is 0 Å². The van der Waals surface area contributed by atoms with Gasteiger partial charge in [0.05, 0.1) is 0 Å². The van der Waals surface area contributed by atoms with Crippen molar-refractivity contribution < 1.29 is 17.3 Å². The van der Waals surface area contributed by atoms with Gasteiger partial charge < -0.3 is 17.3 Å². The average Bonchev–Trinajstić information content (AvgIpc) is 2.84. The zero-order valence-corrected chi connectivity index (χ0v) is 20.5. The Balaban J connectivity index is 0.000000588. The van der Waals surface area contributed by atoms with Crippen molar-refractivity contribution in [3.8, 4) is 0 Å². The van der Waals surface area contributed by atoms with E-state index in [1.165, 1.54) is 21.5 Å². The zero-order valence-electron chi connectivity index (χ0n) is 18.8. The highest BCUT2D eigenvalue weighted by atomic mass is 32.2. The van der Waals surface area contributed by atoms with E-state index in [0.29, 0.717) is 0 Å². The van der Waals surface area contributed by atoms with E-state index in [1.54, 1.807) is 0 Å². The van der Waals surface area contributed by atoms with Crippen molar-refractivity contribution in [2.75, 3.05) is 6.26 Å². The van der Waals surface area contributed by atoms with Crippen molar-refractivity contribution >= 4 is 46.1 Å². The first-order chi connectivity index (χ1) is 16.3. The van der Waals surface area contributed by atoms with Gasteiger partial charge in [-0.15, -0.1) is 0 Å². The van der Waals surface area contributed by atoms with Gasteiger partial charge in [-0.1, -0.05) is 121 Å². The summed E-state index contributed by atoms with van der Waals surface area (Å²) in [5, 5.41) is 6.94. The van der Waals surface area contributed by atoms with E-state index in [4.69, 9.17) is 0 Å². The van der Waals surface area contributed by atoms with Gasteiger partial charge in [0.25, 0.3) is 0 Å². The van der Waals surface area contributed by atoms with Crippen LogP contribution in [0.15, 0.2) is 121 Å². The molecule has 0 aliphatic rings. The molecule has 0 radical (unpaired) electrons. The molecular weight excluding hydrogens is 474 g/mol. The summed E-state index contributed by atoms with van der Waals surface area (Å²) in [6, 6.07) is 44.1. The van der Waals surface area contributed by atoms with Crippen LogP contribution < -0.4 is 15.9 Å². The average molecular weight is 500 g/mol. The third-order valence-corrected chi connectivity index (χ3v) is 11.9. The highest BCUT2D eigenvalue weighted by Gasteiger charge is 2.29. The Labute approximate surface area is 202 Å². The summed E-state index contributed by atoms with van der Waals surface area (Å²) in [5.74, 6) is 1.08. The molecule has 0 bridgehead atoms. The van der Waals surface area contributed by atoms with Gasteiger partial charge in [-0.3, -0.25) is 0 Å². The number of halogens is 4. The molecule has 0 N–H and O–H groups in total. The molecule has 0 saturated carbocycles. The van der Waals surface area contributed by atoms with Gasteiger partial charge in [-0.25, -0.2) is 0 Å². The molecular formula is C27H26BF4PS. The lowest BCUT2D eigenvalue weighted by Gasteiger charge is -2.27. The second-order valence-corrected chi connectivity index (χ2v) is 13.2. The molecule has 0 aliphatic carbocycles. The molecule has 4 aromatic carbocycles. The molecule has 4 aromatic rings. The third-order valence-electron chi connectivity index (χ3n) is 5.07. The number of benzene rings is 4. The van der Waals surface area contributed by atoms with E-state index < -0.39 is 14.1 Å². The SMILES string of the molecule is C[S+](C=P(c1ccccc1)(c1ccccc1)c1ccccc1)Cc1ccccc1.F[B-](F)(F)F. The van der Waals surface area contributed by atoms with Crippen molar-refractivity contribution in [3.63, 3.8) is 0 Å². The first-order valence-electron chi connectivity index (χ1n) is 10.7. The molecule has 0 aliphatic heterocycles. The minimum Gasteiger partial charge on any atom is -0.418 e. The molecule has 0 aromatic heterocycles. The van der Waals surface area contributed by atoms with Gasteiger partial charge in [-0.05, 0) is 15.9 Å². The summed E-state index contributed by atoms with van der Waals surface area (Å²) in [6.45, 7) is -1.86. The summed E-state index contributed by atoms with van der Waals surface area (Å²) in [7, 11) is -5.87. The molecule has 0 fully saturated rings. The predicted molar refractivity (Wildman–Crippen MR) is 145 cm³/mol. The van der Waals surface area contributed by atoms with Gasteiger partial charge in [0.2, 0.25) is 0 Å². The van der Waals surface area contributed by atoms with Crippen LogP contribution in [0, 0.1) is 0 Å². The normalized spacial score (nSPS) is 12.3. The molecule has 0 saturated heterocycles. The predicted octanol–water partition coefficient (Wildman–Crippen LogP) is 6.49. The minimum atomic E-state index is -6.00. The second-order valence-electron chi connectivity index (χ2n) is 7.65. The quantitative estimate of drug-likeness (QED) is 0.123. The van der Waals surface area contributed by atoms with Crippen LogP contribution in [0.2, 0.25) is 0 Å². The van der Waals surface area contributed by atoms with Crippen LogP contribution in [0.1, 0.15) is 5.56 Å². The maximum Gasteiger partial charge on any atom is 0.673 e. The van der Waals surface area contributed by atoms with Crippen LogP contribution >= 0.6 is 6.89 Å². The lowest BCUT2D eigenvalue weighted by molar-refractivity contribution is 0.368. The summed E-state index contributed by atoms with van der Waals surface area (Å²) < 4.78 is 39.0. The molecule has 0 amide bonds. The Morgan fingerprint density at radius 2 is 0.882 bits per heavy atom. The van der Waals surface area contributed by atoms with Crippen LogP contribution in [0.5, 0.6) is 0 Å². The molecule has 176 valence electrons. The van der Waals surface area contributed by atoms with Crippen molar-refractivity contribution in [3.05, 3.63) is 127 Å². The maximum absolute atomic E-state index is 9.75. The summed E-state index contributed by atoms with van der Waals surface area (Å²) in [4.78, 5) is 0. The fraction of sp³-hybridized carbons (Fsp3) is 0.0741. The Morgan fingerprint density at radius 3 is 1.21 bits per heavy atom. The lowest BCUT2D eigenvalue weighted by atomic mass is 10.2. The number of rotatable bonds is 6. The van der Waals surface area contributed by atoms with Crippen molar-refractivity contribution in [1.29, 1.82) is 0 Å². The first kappa shape index (κ1) is 25.9. The fourth-order valence-electron chi connectivity index (χ4n) is 3.76. The van der Waals surface area contributed by atoms with Crippen LogP contribution in [0.4, 0.5) is 17.3 Å². The van der Waals surface area contributed by atoms with E-state index in [0.717, 1.165) is 5.75 Å². The van der Waals surface area contributed by atoms with Gasteiger partial charge in [0.15, 0.2) is 0 Å². The molecule has 0 nitrogen and oxygen atoms in total. The van der Waals surface area contributed by atoms with E-state index >= 15 is 0 Å². The van der Waals surface area contributed by atoms with E-state index in [1.807, 2.05) is 0 Å². The molecule has 7 heteroatoms. The Kier molecular flexibility index (Phi) is 9.26. The Hall–Kier alpha value is -2.69. The maximum atomic E-state index is 9.75. The summed E-state index contributed by atoms with van der Waals surface area (Å²) >= 11 is 0. The summed E-state index contributed by atoms with van der Waals surface area (Å²) in [5.41, 5.74) is 1.40. The van der Waals surface area contributed by atoms with Gasteiger partial charge >= 0.3 is 7.25 Å². The van der Waals surface area contributed by atoms with Gasteiger partial charge in [0, 0.05) is 23.3 Å². The standard InChI is InChI=1S/C27H26PS.BF4/c1-29(22-24-14-6-2-7-15-24)23-28(25-16-8-3-9-17-25,26-18-10-4-11-19-26)27-20-12-5-13-21-27;2-1(3,4)5/h2-21,23H,22H2,1H3;/q+1;-1. The number of hydrogen-bond acceptors (Lipinski definition) is 0. The third kappa shape index (κ3) is 7.41.